The number of carbonyl (C=O) groups is 1. The molecule has 0 saturated carbocycles. The van der Waals surface area contributed by atoms with Crippen LogP contribution in [-0.2, 0) is 11.2 Å². The number of carbonyl (C=O) groups excluding carboxylic acids is 1. The van der Waals surface area contributed by atoms with E-state index < -0.39 is 0 Å². The van der Waals surface area contributed by atoms with Crippen LogP contribution in [0, 0.1) is 0 Å². The average molecular weight is 195 g/mol. The predicted molar refractivity (Wildman–Crippen MR) is 53.2 cm³/mol. The first-order valence-electron chi connectivity index (χ1n) is 4.55. The van der Waals surface area contributed by atoms with Crippen molar-refractivity contribution >= 4 is 17.9 Å². The third-order valence-electron chi connectivity index (χ3n) is 2.63. The van der Waals surface area contributed by atoms with Gasteiger partial charge in [-0.1, -0.05) is 17.7 Å². The highest BCUT2D eigenvalue weighted by Gasteiger charge is 2.19. The minimum atomic E-state index is 0.0982. The molecule has 68 valence electrons. The third kappa shape index (κ3) is 1.61. The zero-order chi connectivity index (χ0) is 9.26. The molecule has 13 heavy (non-hydrogen) atoms. The summed E-state index contributed by atoms with van der Waals surface area (Å²) in [6, 6.07) is 5.82. The van der Waals surface area contributed by atoms with Crippen LogP contribution in [0.3, 0.4) is 0 Å². The molecule has 1 atom stereocenters. The Morgan fingerprint density at radius 2 is 2.31 bits per heavy atom. The van der Waals surface area contributed by atoms with Gasteiger partial charge < -0.3 is 4.79 Å². The average Bonchev–Trinajstić information content (AvgIpc) is 2.16. The van der Waals surface area contributed by atoms with Crippen LogP contribution >= 0.6 is 11.6 Å². The Balaban J connectivity index is 2.45. The fraction of sp³-hybridized carbons (Fsp3) is 0.364. The largest absolute Gasteiger partial charge is 0.303 e. The monoisotopic (exact) mass is 194 g/mol. The summed E-state index contributed by atoms with van der Waals surface area (Å²) in [5, 5.41) is 0.769. The van der Waals surface area contributed by atoms with Gasteiger partial charge in [-0.2, -0.15) is 0 Å². The molecule has 0 saturated heterocycles. The maximum absolute atomic E-state index is 10.8. The first kappa shape index (κ1) is 8.76. The third-order valence-corrected chi connectivity index (χ3v) is 2.87. The van der Waals surface area contributed by atoms with E-state index in [0.29, 0.717) is 0 Å². The van der Waals surface area contributed by atoms with Crippen molar-refractivity contribution in [3.63, 3.8) is 0 Å². The number of hydrogen-bond acceptors (Lipinski definition) is 1. The summed E-state index contributed by atoms with van der Waals surface area (Å²) in [6.07, 6.45) is 4.18. The maximum atomic E-state index is 10.8. The molecule has 0 radical (unpaired) electrons. The summed E-state index contributed by atoms with van der Waals surface area (Å²) in [5.41, 5.74) is 2.42. The highest BCUT2D eigenvalue weighted by atomic mass is 35.5. The second-order valence-corrected chi connectivity index (χ2v) is 3.91. The van der Waals surface area contributed by atoms with E-state index in [1.54, 1.807) is 0 Å². The quantitative estimate of drug-likeness (QED) is 0.629. The Morgan fingerprint density at radius 1 is 1.46 bits per heavy atom. The molecule has 0 N–H and O–H groups in total. The zero-order valence-electron chi connectivity index (χ0n) is 7.29. The van der Waals surface area contributed by atoms with Gasteiger partial charge in [0.15, 0.2) is 0 Å². The number of benzene rings is 1. The van der Waals surface area contributed by atoms with Gasteiger partial charge in [0.05, 0.1) is 0 Å². The molecule has 0 aromatic heterocycles. The molecule has 0 amide bonds. The Labute approximate surface area is 82.7 Å². The van der Waals surface area contributed by atoms with Crippen LogP contribution in [0.2, 0.25) is 5.02 Å². The lowest BCUT2D eigenvalue weighted by molar-refractivity contribution is -0.109. The minimum Gasteiger partial charge on any atom is -0.303 e. The van der Waals surface area contributed by atoms with E-state index in [9.17, 15) is 4.79 Å². The van der Waals surface area contributed by atoms with E-state index in [1.807, 2.05) is 18.2 Å². The molecule has 0 aliphatic heterocycles. The molecule has 1 aliphatic rings. The van der Waals surface area contributed by atoms with Gasteiger partial charge in [-0.25, -0.2) is 0 Å². The topological polar surface area (TPSA) is 17.1 Å². The van der Waals surface area contributed by atoms with E-state index in [-0.39, 0.29) is 5.92 Å². The Morgan fingerprint density at radius 3 is 3.08 bits per heavy atom. The Bertz CT molecular complexity index is 333. The predicted octanol–water partition coefficient (Wildman–Crippen LogP) is 2.96. The van der Waals surface area contributed by atoms with Crippen molar-refractivity contribution in [1.82, 2.24) is 0 Å². The smallest absolute Gasteiger partial charge is 0.127 e. The molecular formula is C11H11ClO. The van der Waals surface area contributed by atoms with Crippen LogP contribution in [-0.4, -0.2) is 6.29 Å². The summed E-state index contributed by atoms with van der Waals surface area (Å²) in [6.45, 7) is 0. The van der Waals surface area contributed by atoms with Crippen molar-refractivity contribution in [2.45, 2.75) is 25.2 Å². The highest BCUT2D eigenvalue weighted by molar-refractivity contribution is 6.30. The number of rotatable bonds is 1. The van der Waals surface area contributed by atoms with Gasteiger partial charge in [-0.05, 0) is 42.5 Å². The van der Waals surface area contributed by atoms with E-state index in [1.165, 1.54) is 11.1 Å². The van der Waals surface area contributed by atoms with E-state index in [4.69, 9.17) is 11.6 Å². The number of hydrogen-bond donors (Lipinski definition) is 0. The second kappa shape index (κ2) is 3.51. The van der Waals surface area contributed by atoms with E-state index in [0.717, 1.165) is 30.6 Å². The second-order valence-electron chi connectivity index (χ2n) is 3.48. The molecule has 2 heteroatoms. The molecule has 2 rings (SSSR count). The van der Waals surface area contributed by atoms with Gasteiger partial charge in [0.1, 0.15) is 6.29 Å². The molecule has 0 spiro atoms. The van der Waals surface area contributed by atoms with Gasteiger partial charge >= 0.3 is 0 Å². The Kier molecular flexibility index (Phi) is 2.36. The number of aryl methyl sites for hydroxylation is 1. The number of aldehydes is 1. The maximum Gasteiger partial charge on any atom is 0.127 e. The van der Waals surface area contributed by atoms with Crippen molar-refractivity contribution in [2.75, 3.05) is 0 Å². The van der Waals surface area contributed by atoms with E-state index in [2.05, 4.69) is 0 Å². The summed E-state index contributed by atoms with van der Waals surface area (Å²) < 4.78 is 0. The summed E-state index contributed by atoms with van der Waals surface area (Å²) in [5.74, 6) is 0.0982. The lowest BCUT2D eigenvalue weighted by atomic mass is 9.84. The lowest BCUT2D eigenvalue weighted by Crippen LogP contribution is -2.10. The van der Waals surface area contributed by atoms with Crippen molar-refractivity contribution in [3.8, 4) is 0 Å². The van der Waals surface area contributed by atoms with Crippen molar-refractivity contribution < 1.29 is 4.79 Å². The molecule has 1 nitrogen and oxygen atoms in total. The van der Waals surface area contributed by atoms with Crippen molar-refractivity contribution in [3.05, 3.63) is 34.3 Å². The minimum absolute atomic E-state index is 0.0982. The fourth-order valence-electron chi connectivity index (χ4n) is 1.96. The van der Waals surface area contributed by atoms with Crippen molar-refractivity contribution in [1.29, 1.82) is 0 Å². The zero-order valence-corrected chi connectivity index (χ0v) is 8.05. The molecule has 1 aliphatic carbocycles. The Hall–Kier alpha value is -0.820. The highest BCUT2D eigenvalue weighted by Crippen LogP contribution is 2.31. The van der Waals surface area contributed by atoms with Crippen LogP contribution in [0.15, 0.2) is 18.2 Å². The van der Waals surface area contributed by atoms with Crippen LogP contribution in [0.4, 0.5) is 0 Å². The number of fused-ring (bicyclic) bond motifs is 1. The van der Waals surface area contributed by atoms with Gasteiger partial charge in [0, 0.05) is 10.9 Å². The lowest BCUT2D eigenvalue weighted by Gasteiger charge is -2.20. The van der Waals surface area contributed by atoms with Gasteiger partial charge in [-0.15, -0.1) is 0 Å². The molecular weight excluding hydrogens is 184 g/mol. The normalized spacial score (nSPS) is 20.8. The van der Waals surface area contributed by atoms with Gasteiger partial charge in [0.2, 0.25) is 0 Å². The molecule has 1 unspecified atom stereocenters. The summed E-state index contributed by atoms with van der Waals surface area (Å²) >= 11 is 5.88. The van der Waals surface area contributed by atoms with Gasteiger partial charge in [-0.3, -0.25) is 0 Å². The van der Waals surface area contributed by atoms with Gasteiger partial charge in [0.25, 0.3) is 0 Å². The van der Waals surface area contributed by atoms with Crippen molar-refractivity contribution in [2.24, 2.45) is 0 Å². The fourth-order valence-corrected chi connectivity index (χ4v) is 2.16. The van der Waals surface area contributed by atoms with Crippen LogP contribution < -0.4 is 0 Å². The van der Waals surface area contributed by atoms with E-state index >= 15 is 0 Å². The first-order valence-corrected chi connectivity index (χ1v) is 4.92. The van der Waals surface area contributed by atoms with Crippen LogP contribution in [0.25, 0.3) is 0 Å². The molecule has 1 aromatic rings. The molecule has 0 fully saturated rings. The SMILES string of the molecule is O=CC1CCCc2cc(Cl)ccc21. The van der Waals surface area contributed by atoms with Crippen LogP contribution in [0.5, 0.6) is 0 Å². The number of halogens is 1. The molecule has 0 heterocycles. The standard InChI is InChI=1S/C11H11ClO/c12-10-4-5-11-8(6-10)2-1-3-9(11)7-13/h4-7,9H,1-3H2. The first-order chi connectivity index (χ1) is 6.31. The molecule has 1 aromatic carbocycles. The van der Waals surface area contributed by atoms with Crippen LogP contribution in [0.1, 0.15) is 29.9 Å². The molecule has 0 bridgehead atoms. The summed E-state index contributed by atoms with van der Waals surface area (Å²) in [4.78, 5) is 10.8. The summed E-state index contributed by atoms with van der Waals surface area (Å²) in [7, 11) is 0.